The number of nitrogens with one attached hydrogen (secondary N) is 1. The third-order valence-electron chi connectivity index (χ3n) is 4.95. The van der Waals surface area contributed by atoms with Crippen LogP contribution in [0.5, 0.6) is 0 Å². The number of rotatable bonds is 8. The van der Waals surface area contributed by atoms with Gasteiger partial charge in [-0.25, -0.2) is 0 Å². The lowest BCUT2D eigenvalue weighted by Crippen LogP contribution is -2.43. The minimum Gasteiger partial charge on any atom is -0.394 e. The van der Waals surface area contributed by atoms with Gasteiger partial charge < -0.3 is 20.3 Å². The van der Waals surface area contributed by atoms with Crippen LogP contribution >= 0.6 is 0 Å². The molecule has 6 atom stereocenters. The average molecular weight is 327 g/mol. The van der Waals surface area contributed by atoms with Gasteiger partial charge >= 0.3 is 0 Å². The van der Waals surface area contributed by atoms with Crippen molar-refractivity contribution in [3.05, 3.63) is 12.2 Å². The number of carbonyl (C=O) groups is 1. The zero-order valence-electron chi connectivity index (χ0n) is 15.1. The summed E-state index contributed by atoms with van der Waals surface area (Å²) in [5.74, 6) is 0.136. The van der Waals surface area contributed by atoms with E-state index in [1.165, 1.54) is 12.2 Å². The van der Waals surface area contributed by atoms with E-state index in [9.17, 15) is 15.0 Å². The normalized spacial score (nSPS) is 30.1. The fourth-order valence-corrected chi connectivity index (χ4v) is 3.13. The number of hydrogen-bond acceptors (Lipinski definition) is 4. The largest absolute Gasteiger partial charge is 0.394 e. The molecule has 1 rings (SSSR count). The van der Waals surface area contributed by atoms with Crippen molar-refractivity contribution in [1.82, 2.24) is 5.32 Å². The van der Waals surface area contributed by atoms with Gasteiger partial charge in [0.2, 0.25) is 5.91 Å². The van der Waals surface area contributed by atoms with E-state index < -0.39 is 5.60 Å². The molecular formula is C18H33NO4. The van der Waals surface area contributed by atoms with Crippen molar-refractivity contribution in [1.29, 1.82) is 0 Å². The zero-order valence-corrected chi connectivity index (χ0v) is 15.1. The number of ether oxygens (including phenoxy) is 1. The Morgan fingerprint density at radius 3 is 2.61 bits per heavy atom. The molecule has 0 radical (unpaired) electrons. The molecule has 1 aliphatic rings. The van der Waals surface area contributed by atoms with Crippen LogP contribution in [0, 0.1) is 11.8 Å². The van der Waals surface area contributed by atoms with Gasteiger partial charge in [-0.1, -0.05) is 34.1 Å². The lowest BCUT2D eigenvalue weighted by Gasteiger charge is -2.29. The molecule has 0 spiro atoms. The predicted octanol–water partition coefficient (Wildman–Crippen LogP) is 2.02. The molecule has 1 amide bonds. The van der Waals surface area contributed by atoms with Crippen LogP contribution in [-0.4, -0.2) is 46.6 Å². The van der Waals surface area contributed by atoms with E-state index in [0.29, 0.717) is 0 Å². The first-order valence-corrected chi connectivity index (χ1v) is 8.73. The molecule has 5 heteroatoms. The SMILES string of the molecule is CC[C@H]1C[C@@H](C)[C@H]([C@@](C)(O)/C=C/C(=O)N[C@H](CO)[C@@H](C)CC)O1. The number of aliphatic hydroxyl groups excluding tert-OH is 1. The summed E-state index contributed by atoms with van der Waals surface area (Å²) in [5.41, 5.74) is -1.19. The summed E-state index contributed by atoms with van der Waals surface area (Å²) in [6, 6.07) is -0.270. The van der Waals surface area contributed by atoms with Gasteiger partial charge in [0.25, 0.3) is 0 Å². The quantitative estimate of drug-likeness (QED) is 0.596. The highest BCUT2D eigenvalue weighted by Crippen LogP contribution is 2.34. The van der Waals surface area contributed by atoms with Crippen LogP contribution in [0.4, 0.5) is 0 Å². The lowest BCUT2D eigenvalue weighted by atomic mass is 9.88. The molecule has 134 valence electrons. The van der Waals surface area contributed by atoms with E-state index in [4.69, 9.17) is 4.74 Å². The maximum absolute atomic E-state index is 12.0. The van der Waals surface area contributed by atoms with Crippen LogP contribution in [0.2, 0.25) is 0 Å². The summed E-state index contributed by atoms with van der Waals surface area (Å²) in [6.07, 6.45) is 5.45. The Morgan fingerprint density at radius 1 is 1.48 bits per heavy atom. The second kappa shape index (κ2) is 8.81. The molecule has 0 bridgehead atoms. The lowest BCUT2D eigenvalue weighted by molar-refractivity contribution is -0.118. The molecule has 0 unspecified atom stereocenters. The fraction of sp³-hybridized carbons (Fsp3) is 0.833. The van der Waals surface area contributed by atoms with E-state index >= 15 is 0 Å². The molecule has 0 aromatic rings. The molecule has 0 aromatic carbocycles. The van der Waals surface area contributed by atoms with Crippen molar-refractivity contribution in [3.8, 4) is 0 Å². The van der Waals surface area contributed by atoms with Gasteiger partial charge in [-0.3, -0.25) is 4.79 Å². The maximum Gasteiger partial charge on any atom is 0.244 e. The summed E-state index contributed by atoms with van der Waals surface area (Å²) in [4.78, 5) is 12.0. The van der Waals surface area contributed by atoms with Gasteiger partial charge in [-0.05, 0) is 37.7 Å². The van der Waals surface area contributed by atoms with E-state index in [2.05, 4.69) is 19.2 Å². The fourth-order valence-electron chi connectivity index (χ4n) is 3.13. The Kier molecular flexibility index (Phi) is 7.71. The van der Waals surface area contributed by atoms with Crippen molar-refractivity contribution in [2.24, 2.45) is 11.8 Å². The van der Waals surface area contributed by atoms with E-state index in [1.54, 1.807) is 6.92 Å². The highest BCUT2D eigenvalue weighted by Gasteiger charge is 2.41. The smallest absolute Gasteiger partial charge is 0.244 e. The molecule has 1 fully saturated rings. The zero-order chi connectivity index (χ0) is 17.6. The van der Waals surface area contributed by atoms with Gasteiger partial charge in [-0.15, -0.1) is 0 Å². The number of hydrogen-bond donors (Lipinski definition) is 3. The first kappa shape index (κ1) is 20.1. The van der Waals surface area contributed by atoms with Crippen molar-refractivity contribution in [2.75, 3.05) is 6.61 Å². The van der Waals surface area contributed by atoms with Gasteiger partial charge in [0.05, 0.1) is 24.9 Å². The van der Waals surface area contributed by atoms with E-state index in [1.807, 2.05) is 13.8 Å². The van der Waals surface area contributed by atoms with Crippen LogP contribution < -0.4 is 5.32 Å². The molecule has 1 heterocycles. The minimum atomic E-state index is -1.19. The highest BCUT2D eigenvalue weighted by molar-refractivity contribution is 5.87. The summed E-state index contributed by atoms with van der Waals surface area (Å²) >= 11 is 0. The molecule has 23 heavy (non-hydrogen) atoms. The van der Waals surface area contributed by atoms with Crippen LogP contribution in [0.3, 0.4) is 0 Å². The summed E-state index contributed by atoms with van der Waals surface area (Å²) in [6.45, 7) is 9.72. The Balaban J connectivity index is 2.65. The van der Waals surface area contributed by atoms with Crippen LogP contribution in [0.1, 0.15) is 53.9 Å². The van der Waals surface area contributed by atoms with Crippen molar-refractivity contribution < 1.29 is 19.7 Å². The Morgan fingerprint density at radius 2 is 2.13 bits per heavy atom. The molecule has 0 aromatic heterocycles. The average Bonchev–Trinajstić information content (AvgIpc) is 2.92. The topological polar surface area (TPSA) is 78.8 Å². The number of amides is 1. The third-order valence-corrected chi connectivity index (χ3v) is 4.95. The van der Waals surface area contributed by atoms with Crippen LogP contribution in [-0.2, 0) is 9.53 Å². The standard InChI is InChI=1S/C18H33NO4/c1-6-12(3)15(11-20)19-16(21)8-9-18(5,22)17-13(4)10-14(7-2)23-17/h8-9,12-15,17,20,22H,6-7,10-11H2,1-5H3,(H,19,21)/b9-8+/t12-,13+,14-,15+,17+,18-/m0/s1. The molecule has 1 saturated heterocycles. The Bertz CT molecular complexity index is 408. The van der Waals surface area contributed by atoms with Gasteiger partial charge in [0, 0.05) is 6.08 Å². The first-order valence-electron chi connectivity index (χ1n) is 8.73. The monoisotopic (exact) mass is 327 g/mol. The predicted molar refractivity (Wildman–Crippen MR) is 91.0 cm³/mol. The summed E-state index contributed by atoms with van der Waals surface area (Å²) in [7, 11) is 0. The van der Waals surface area contributed by atoms with E-state index in [-0.39, 0.29) is 42.6 Å². The second-order valence-corrected chi connectivity index (χ2v) is 7.04. The molecule has 0 aliphatic carbocycles. The maximum atomic E-state index is 12.0. The number of carbonyl (C=O) groups excluding carboxylic acids is 1. The minimum absolute atomic E-state index is 0.0913. The van der Waals surface area contributed by atoms with Crippen molar-refractivity contribution in [2.45, 2.75) is 77.7 Å². The molecule has 1 aliphatic heterocycles. The van der Waals surface area contributed by atoms with E-state index in [0.717, 1.165) is 19.3 Å². The van der Waals surface area contributed by atoms with Gasteiger partial charge in [0.15, 0.2) is 0 Å². The molecule has 5 nitrogen and oxygen atoms in total. The highest BCUT2D eigenvalue weighted by atomic mass is 16.5. The van der Waals surface area contributed by atoms with Gasteiger partial charge in [-0.2, -0.15) is 0 Å². The number of aliphatic hydroxyl groups is 2. The second-order valence-electron chi connectivity index (χ2n) is 7.04. The first-order chi connectivity index (χ1) is 10.7. The molecule has 0 saturated carbocycles. The summed E-state index contributed by atoms with van der Waals surface area (Å²) in [5, 5.41) is 22.8. The third kappa shape index (κ3) is 5.59. The Hall–Kier alpha value is -0.910. The van der Waals surface area contributed by atoms with Crippen LogP contribution in [0.25, 0.3) is 0 Å². The van der Waals surface area contributed by atoms with Crippen molar-refractivity contribution >= 4 is 5.91 Å². The molecular weight excluding hydrogens is 294 g/mol. The Labute approximate surface area is 140 Å². The van der Waals surface area contributed by atoms with Crippen LogP contribution in [0.15, 0.2) is 12.2 Å². The molecule has 3 N–H and O–H groups in total. The van der Waals surface area contributed by atoms with Gasteiger partial charge in [0.1, 0.15) is 5.60 Å². The summed E-state index contributed by atoms with van der Waals surface area (Å²) < 4.78 is 5.90. The van der Waals surface area contributed by atoms with Crippen molar-refractivity contribution in [3.63, 3.8) is 0 Å².